The van der Waals surface area contributed by atoms with Gasteiger partial charge in [-0.1, -0.05) is 11.6 Å². The minimum Gasteiger partial charge on any atom is -0.451 e. The van der Waals surface area contributed by atoms with Crippen LogP contribution in [0.4, 0.5) is 0 Å². The number of carbonyl (C=O) groups excluding carboxylic acids is 1. The Morgan fingerprint density at radius 3 is 2.64 bits per heavy atom. The molecule has 0 aliphatic carbocycles. The Morgan fingerprint density at radius 1 is 1.29 bits per heavy atom. The number of aryl methyl sites for hydroxylation is 2. The average molecular weight is 209 g/mol. The number of hydrogen-bond acceptors (Lipinski definition) is 2. The van der Waals surface area contributed by atoms with Crippen molar-refractivity contribution < 1.29 is 9.21 Å². The lowest BCUT2D eigenvalue weighted by Gasteiger charge is -1.96. The average Bonchev–Trinajstić information content (AvgIpc) is 2.47. The summed E-state index contributed by atoms with van der Waals surface area (Å²) in [5.74, 6) is 0.204. The maximum atomic E-state index is 10.9. The Hall–Kier alpha value is -1.28. The van der Waals surface area contributed by atoms with Gasteiger partial charge in [-0.3, -0.25) is 4.79 Å². The van der Waals surface area contributed by atoms with Crippen LogP contribution in [0.3, 0.4) is 0 Å². The van der Waals surface area contributed by atoms with Crippen molar-refractivity contribution in [2.45, 2.75) is 13.8 Å². The molecule has 0 atom stereocenters. The van der Waals surface area contributed by atoms with E-state index >= 15 is 0 Å². The fourth-order valence-electron chi connectivity index (χ4n) is 1.61. The highest BCUT2D eigenvalue weighted by Crippen LogP contribution is 2.25. The van der Waals surface area contributed by atoms with Crippen molar-refractivity contribution in [2.24, 2.45) is 0 Å². The molecule has 2 rings (SSSR count). The molecule has 72 valence electrons. The van der Waals surface area contributed by atoms with Crippen LogP contribution in [0.25, 0.3) is 11.0 Å². The van der Waals surface area contributed by atoms with Crippen molar-refractivity contribution in [1.82, 2.24) is 0 Å². The second-order valence-corrected chi connectivity index (χ2v) is 3.73. The van der Waals surface area contributed by atoms with Crippen LogP contribution < -0.4 is 0 Å². The van der Waals surface area contributed by atoms with Crippen LogP contribution in [0.15, 0.2) is 22.6 Å². The van der Waals surface area contributed by atoms with E-state index < -0.39 is 5.24 Å². The molecule has 1 aromatic heterocycles. The minimum absolute atomic E-state index is 0.204. The molecule has 0 N–H and O–H groups in total. The molecule has 0 unspecified atom stereocenters. The Kier molecular flexibility index (Phi) is 2.08. The molecule has 0 fully saturated rings. The maximum Gasteiger partial charge on any atom is 0.287 e. The van der Waals surface area contributed by atoms with Crippen LogP contribution >= 0.6 is 11.6 Å². The second kappa shape index (κ2) is 3.14. The van der Waals surface area contributed by atoms with Gasteiger partial charge in [-0.05, 0) is 43.1 Å². The van der Waals surface area contributed by atoms with Gasteiger partial charge in [-0.15, -0.1) is 0 Å². The molecule has 0 aliphatic heterocycles. The summed E-state index contributed by atoms with van der Waals surface area (Å²) in [4.78, 5) is 10.9. The molecular weight excluding hydrogens is 200 g/mol. The van der Waals surface area contributed by atoms with E-state index in [9.17, 15) is 4.79 Å². The quantitative estimate of drug-likeness (QED) is 0.673. The van der Waals surface area contributed by atoms with Crippen LogP contribution in [0.5, 0.6) is 0 Å². The number of benzene rings is 1. The minimum atomic E-state index is -0.557. The van der Waals surface area contributed by atoms with Gasteiger partial charge in [0.2, 0.25) is 0 Å². The fraction of sp³-hybridized carbons (Fsp3) is 0.182. The van der Waals surface area contributed by atoms with Crippen LogP contribution in [-0.2, 0) is 0 Å². The first-order valence-electron chi connectivity index (χ1n) is 4.28. The molecule has 0 radical (unpaired) electrons. The molecule has 14 heavy (non-hydrogen) atoms. The van der Waals surface area contributed by atoms with E-state index in [0.717, 1.165) is 22.1 Å². The molecule has 0 saturated carbocycles. The van der Waals surface area contributed by atoms with Crippen LogP contribution in [-0.4, -0.2) is 5.24 Å². The van der Waals surface area contributed by atoms with E-state index in [2.05, 4.69) is 0 Å². The topological polar surface area (TPSA) is 30.2 Å². The van der Waals surface area contributed by atoms with Crippen molar-refractivity contribution in [3.05, 3.63) is 35.1 Å². The number of rotatable bonds is 1. The Labute approximate surface area is 86.5 Å². The lowest BCUT2D eigenvalue weighted by molar-refractivity contribution is 0.105. The number of hydrogen-bond donors (Lipinski definition) is 0. The lowest BCUT2D eigenvalue weighted by atomic mass is 10.1. The largest absolute Gasteiger partial charge is 0.451 e. The zero-order valence-electron chi connectivity index (χ0n) is 7.93. The monoisotopic (exact) mass is 208 g/mol. The zero-order chi connectivity index (χ0) is 10.3. The van der Waals surface area contributed by atoms with Crippen LogP contribution in [0.1, 0.15) is 21.7 Å². The van der Waals surface area contributed by atoms with Crippen molar-refractivity contribution >= 4 is 27.8 Å². The van der Waals surface area contributed by atoms with E-state index in [-0.39, 0.29) is 5.76 Å². The number of carbonyl (C=O) groups is 1. The van der Waals surface area contributed by atoms with E-state index in [4.69, 9.17) is 16.0 Å². The smallest absolute Gasteiger partial charge is 0.287 e. The van der Waals surface area contributed by atoms with Gasteiger partial charge < -0.3 is 4.42 Å². The second-order valence-electron chi connectivity index (χ2n) is 3.38. The van der Waals surface area contributed by atoms with Crippen LogP contribution in [0.2, 0.25) is 0 Å². The number of furan rings is 1. The standard InChI is InChI=1S/C11H9ClO2/c1-6-3-7(2)10-8(4-6)5-9(14-10)11(12)13/h3-5H,1-2H3. The lowest BCUT2D eigenvalue weighted by Crippen LogP contribution is -1.81. The van der Waals surface area contributed by atoms with Crippen molar-refractivity contribution in [2.75, 3.05) is 0 Å². The highest BCUT2D eigenvalue weighted by Gasteiger charge is 2.11. The van der Waals surface area contributed by atoms with Gasteiger partial charge in [-0.25, -0.2) is 0 Å². The summed E-state index contributed by atoms with van der Waals surface area (Å²) in [6.07, 6.45) is 0. The molecule has 0 spiro atoms. The van der Waals surface area contributed by atoms with Gasteiger partial charge >= 0.3 is 0 Å². The van der Waals surface area contributed by atoms with Gasteiger partial charge in [0.15, 0.2) is 5.76 Å². The highest BCUT2D eigenvalue weighted by molar-refractivity contribution is 6.67. The zero-order valence-corrected chi connectivity index (χ0v) is 8.68. The third kappa shape index (κ3) is 1.42. The molecule has 1 heterocycles. The molecule has 1 aromatic carbocycles. The van der Waals surface area contributed by atoms with E-state index in [1.54, 1.807) is 6.07 Å². The van der Waals surface area contributed by atoms with Crippen LogP contribution in [0, 0.1) is 13.8 Å². The summed E-state index contributed by atoms with van der Waals surface area (Å²) in [6, 6.07) is 5.65. The van der Waals surface area contributed by atoms with Gasteiger partial charge in [0, 0.05) is 5.39 Å². The first-order chi connectivity index (χ1) is 6.58. The Bertz CT molecular complexity index is 511. The molecule has 0 aliphatic rings. The van der Waals surface area contributed by atoms with E-state index in [1.807, 2.05) is 26.0 Å². The van der Waals surface area contributed by atoms with Gasteiger partial charge in [0.05, 0.1) is 0 Å². The third-order valence-corrected chi connectivity index (χ3v) is 2.33. The Morgan fingerprint density at radius 2 is 2.00 bits per heavy atom. The van der Waals surface area contributed by atoms with Crippen molar-refractivity contribution in [3.63, 3.8) is 0 Å². The molecule has 0 bridgehead atoms. The summed E-state index contributed by atoms with van der Waals surface area (Å²) >= 11 is 5.33. The first kappa shape index (κ1) is 9.28. The summed E-state index contributed by atoms with van der Waals surface area (Å²) in [6.45, 7) is 3.95. The normalized spacial score (nSPS) is 10.8. The number of halogens is 1. The summed E-state index contributed by atoms with van der Waals surface area (Å²) in [7, 11) is 0. The maximum absolute atomic E-state index is 10.9. The predicted octanol–water partition coefficient (Wildman–Crippen LogP) is 3.43. The highest BCUT2D eigenvalue weighted by atomic mass is 35.5. The van der Waals surface area contributed by atoms with E-state index in [0.29, 0.717) is 0 Å². The van der Waals surface area contributed by atoms with Crippen molar-refractivity contribution in [3.8, 4) is 0 Å². The molecule has 2 nitrogen and oxygen atoms in total. The summed E-state index contributed by atoms with van der Waals surface area (Å²) in [5.41, 5.74) is 2.90. The van der Waals surface area contributed by atoms with Gasteiger partial charge in [0.25, 0.3) is 5.24 Å². The molecule has 0 saturated heterocycles. The summed E-state index contributed by atoms with van der Waals surface area (Å²) in [5, 5.41) is 0.366. The first-order valence-corrected chi connectivity index (χ1v) is 4.66. The van der Waals surface area contributed by atoms with E-state index in [1.165, 1.54) is 0 Å². The number of fused-ring (bicyclic) bond motifs is 1. The Balaban J connectivity index is 2.76. The molecule has 3 heteroatoms. The molecule has 0 amide bonds. The van der Waals surface area contributed by atoms with Crippen molar-refractivity contribution in [1.29, 1.82) is 0 Å². The summed E-state index contributed by atoms with van der Waals surface area (Å²) < 4.78 is 5.33. The SMILES string of the molecule is Cc1cc(C)c2oc(C(=O)Cl)cc2c1. The molecular formula is C11H9ClO2. The fourth-order valence-corrected chi connectivity index (χ4v) is 1.70. The molecule has 2 aromatic rings. The predicted molar refractivity (Wildman–Crippen MR) is 55.9 cm³/mol. The third-order valence-electron chi connectivity index (χ3n) is 2.14. The van der Waals surface area contributed by atoms with Gasteiger partial charge in [0.1, 0.15) is 5.58 Å². The van der Waals surface area contributed by atoms with Gasteiger partial charge in [-0.2, -0.15) is 0 Å².